The van der Waals surface area contributed by atoms with E-state index in [0.717, 1.165) is 32.1 Å². The lowest BCUT2D eigenvalue weighted by Crippen LogP contribution is -2.56. The van der Waals surface area contributed by atoms with Gasteiger partial charge >= 0.3 is 5.97 Å². The fourth-order valence-electron chi connectivity index (χ4n) is 9.33. The first kappa shape index (κ1) is 24.7. The summed E-state index contributed by atoms with van der Waals surface area (Å²) < 4.78 is 0. The number of Topliss-reactive ketones (excluding diaryl/α,β-unsaturated/α-hetero) is 1. The molecule has 0 aromatic heterocycles. The number of carboxylic acids is 1. The first-order valence-electron chi connectivity index (χ1n) is 13.4. The number of fused-ring (bicyclic) bond motifs is 5. The Hall–Kier alpha value is -1.38. The molecule has 4 aliphatic carbocycles. The Kier molecular flexibility index (Phi) is 6.07. The molecule has 3 nitrogen and oxygen atoms in total. The fourth-order valence-corrected chi connectivity index (χ4v) is 9.33. The highest BCUT2D eigenvalue weighted by Gasteiger charge is 2.65. The number of ketones is 1. The van der Waals surface area contributed by atoms with Crippen LogP contribution in [-0.2, 0) is 9.59 Å². The summed E-state index contributed by atoms with van der Waals surface area (Å²) in [5.74, 6) is 2.08. The lowest BCUT2D eigenvalue weighted by molar-refractivity contribution is -0.142. The topological polar surface area (TPSA) is 54.4 Å². The molecule has 4 aliphatic rings. The number of carbonyl (C=O) groups excluding carboxylic acids is 1. The van der Waals surface area contributed by atoms with Crippen LogP contribution in [0.4, 0.5) is 0 Å². The van der Waals surface area contributed by atoms with E-state index >= 15 is 0 Å². The van der Waals surface area contributed by atoms with E-state index in [9.17, 15) is 9.59 Å². The van der Waals surface area contributed by atoms with E-state index in [2.05, 4.69) is 47.6 Å². The molecule has 3 fully saturated rings. The van der Waals surface area contributed by atoms with Crippen molar-refractivity contribution in [2.45, 2.75) is 106 Å². The summed E-state index contributed by atoms with van der Waals surface area (Å²) >= 11 is 0. The van der Waals surface area contributed by atoms with Crippen LogP contribution in [0.5, 0.6) is 0 Å². The number of allylic oxidation sites excluding steroid dienone is 3. The third-order valence-electron chi connectivity index (χ3n) is 11.7. The minimum absolute atomic E-state index is 0.174. The normalized spacial score (nSPS) is 43.2. The Bertz CT molecular complexity index is 894. The number of carbonyl (C=O) groups is 2. The van der Waals surface area contributed by atoms with Crippen molar-refractivity contribution in [1.29, 1.82) is 0 Å². The second-order valence-electron chi connectivity index (χ2n) is 13.3. The van der Waals surface area contributed by atoms with Crippen molar-refractivity contribution in [2.24, 2.45) is 45.3 Å². The number of rotatable bonds is 5. The molecule has 0 saturated heterocycles. The van der Waals surface area contributed by atoms with Crippen LogP contribution in [0.1, 0.15) is 106 Å². The van der Waals surface area contributed by atoms with Gasteiger partial charge in [-0.3, -0.25) is 4.79 Å². The van der Waals surface area contributed by atoms with E-state index in [1.165, 1.54) is 25.7 Å². The summed E-state index contributed by atoms with van der Waals surface area (Å²) in [6.07, 6.45) is 14.4. The maximum absolute atomic E-state index is 12.8. The number of hydrogen-bond acceptors (Lipinski definition) is 2. The standard InChI is InChI=1S/C30H46O3/c1-19(9-8-10-20(2)26(32)33)21-13-17-30(7)23-11-12-24-27(3,4)25(31)15-16-28(24,5)22(23)14-18-29(21,30)6/h10,14,19,21,23-24H,8-9,11-13,15-18H2,1-7H3,(H,32,33)/b20-10+/t19-,21-,23?,24?,28-,29-,30+/m1/s1. The Balaban J connectivity index is 1.59. The molecule has 0 aromatic carbocycles. The number of hydrogen-bond donors (Lipinski definition) is 1. The van der Waals surface area contributed by atoms with Gasteiger partial charge in [0.1, 0.15) is 5.78 Å². The van der Waals surface area contributed by atoms with E-state index in [-0.39, 0.29) is 10.8 Å². The summed E-state index contributed by atoms with van der Waals surface area (Å²) in [6, 6.07) is 0. The Labute approximate surface area is 201 Å². The Morgan fingerprint density at radius 2 is 1.82 bits per heavy atom. The van der Waals surface area contributed by atoms with E-state index in [0.29, 0.717) is 45.9 Å². The maximum Gasteiger partial charge on any atom is 0.330 e. The average Bonchev–Trinajstić information content (AvgIpc) is 3.02. The van der Waals surface area contributed by atoms with Crippen molar-refractivity contribution < 1.29 is 14.7 Å². The van der Waals surface area contributed by atoms with Gasteiger partial charge in [0, 0.05) is 17.4 Å². The Morgan fingerprint density at radius 1 is 1.12 bits per heavy atom. The van der Waals surface area contributed by atoms with Crippen LogP contribution in [0, 0.1) is 45.3 Å². The Morgan fingerprint density at radius 3 is 2.48 bits per heavy atom. The lowest BCUT2D eigenvalue weighted by Gasteiger charge is -2.63. The van der Waals surface area contributed by atoms with Crippen molar-refractivity contribution in [2.75, 3.05) is 0 Å². The van der Waals surface area contributed by atoms with Gasteiger partial charge in [-0.05, 0) is 98.2 Å². The predicted octanol–water partition coefficient (Wildman–Crippen LogP) is 7.61. The minimum atomic E-state index is -0.801. The molecule has 1 N–H and O–H groups in total. The van der Waals surface area contributed by atoms with Gasteiger partial charge < -0.3 is 5.11 Å². The van der Waals surface area contributed by atoms with Crippen LogP contribution in [0.25, 0.3) is 0 Å². The van der Waals surface area contributed by atoms with E-state index in [1.54, 1.807) is 12.5 Å². The van der Waals surface area contributed by atoms with Crippen molar-refractivity contribution >= 4 is 11.8 Å². The largest absolute Gasteiger partial charge is 0.478 e. The molecule has 2 unspecified atom stereocenters. The first-order valence-corrected chi connectivity index (χ1v) is 13.4. The summed E-state index contributed by atoms with van der Waals surface area (Å²) in [6.45, 7) is 16.2. The average molecular weight is 455 g/mol. The van der Waals surface area contributed by atoms with Gasteiger partial charge in [0.15, 0.2) is 0 Å². The molecular formula is C30H46O3. The van der Waals surface area contributed by atoms with Gasteiger partial charge in [-0.25, -0.2) is 4.79 Å². The summed E-state index contributed by atoms with van der Waals surface area (Å²) in [5.41, 5.74) is 2.77. The quantitative estimate of drug-likeness (QED) is 0.343. The SMILES string of the molecule is C/C(=C\CC[C@@H](C)[C@H]1CC[C@@]2(C)C3CCC4C(C)(C)C(=O)CC[C@]4(C)C3=CC[C@]12C)C(=O)O. The smallest absolute Gasteiger partial charge is 0.330 e. The van der Waals surface area contributed by atoms with Gasteiger partial charge in [-0.2, -0.15) is 0 Å². The van der Waals surface area contributed by atoms with E-state index in [4.69, 9.17) is 5.11 Å². The van der Waals surface area contributed by atoms with Crippen molar-refractivity contribution in [3.8, 4) is 0 Å². The molecule has 7 atom stereocenters. The molecule has 184 valence electrons. The number of carboxylic acid groups (broad SMARTS) is 1. The molecule has 0 bridgehead atoms. The molecule has 0 aliphatic heterocycles. The third kappa shape index (κ3) is 3.50. The van der Waals surface area contributed by atoms with Crippen LogP contribution in [0.15, 0.2) is 23.3 Å². The molecule has 0 heterocycles. The molecular weight excluding hydrogens is 408 g/mol. The third-order valence-corrected chi connectivity index (χ3v) is 11.7. The molecule has 33 heavy (non-hydrogen) atoms. The fraction of sp³-hybridized carbons (Fsp3) is 0.800. The van der Waals surface area contributed by atoms with Crippen LogP contribution >= 0.6 is 0 Å². The maximum atomic E-state index is 12.8. The van der Waals surface area contributed by atoms with Gasteiger partial charge in [0.25, 0.3) is 0 Å². The van der Waals surface area contributed by atoms with Crippen molar-refractivity contribution in [1.82, 2.24) is 0 Å². The molecule has 0 aromatic rings. The zero-order valence-electron chi connectivity index (χ0n) is 22.1. The summed E-state index contributed by atoms with van der Waals surface area (Å²) in [7, 11) is 0. The van der Waals surface area contributed by atoms with Gasteiger partial charge in [-0.1, -0.05) is 59.3 Å². The van der Waals surface area contributed by atoms with E-state index < -0.39 is 5.97 Å². The number of aliphatic carboxylic acids is 1. The lowest BCUT2D eigenvalue weighted by atomic mass is 9.41. The van der Waals surface area contributed by atoms with Crippen LogP contribution in [-0.4, -0.2) is 16.9 Å². The van der Waals surface area contributed by atoms with Crippen molar-refractivity contribution in [3.63, 3.8) is 0 Å². The monoisotopic (exact) mass is 454 g/mol. The minimum Gasteiger partial charge on any atom is -0.478 e. The summed E-state index contributed by atoms with van der Waals surface area (Å²) in [5, 5.41) is 9.15. The molecule has 4 rings (SSSR count). The molecule has 0 amide bonds. The second kappa shape index (κ2) is 8.09. The highest BCUT2D eigenvalue weighted by molar-refractivity contribution is 5.86. The van der Waals surface area contributed by atoms with Crippen LogP contribution in [0.3, 0.4) is 0 Å². The molecule has 0 spiro atoms. The van der Waals surface area contributed by atoms with Crippen LogP contribution in [0.2, 0.25) is 0 Å². The zero-order valence-corrected chi connectivity index (χ0v) is 22.1. The highest BCUT2D eigenvalue weighted by atomic mass is 16.4. The predicted molar refractivity (Wildman–Crippen MR) is 134 cm³/mol. The van der Waals surface area contributed by atoms with Gasteiger partial charge in [0.2, 0.25) is 0 Å². The molecule has 3 heteroatoms. The van der Waals surface area contributed by atoms with Crippen molar-refractivity contribution in [3.05, 3.63) is 23.3 Å². The van der Waals surface area contributed by atoms with Gasteiger partial charge in [0.05, 0.1) is 0 Å². The summed E-state index contributed by atoms with van der Waals surface area (Å²) in [4.78, 5) is 23.9. The van der Waals surface area contributed by atoms with Crippen LogP contribution < -0.4 is 0 Å². The molecule has 3 saturated carbocycles. The van der Waals surface area contributed by atoms with Gasteiger partial charge in [-0.15, -0.1) is 0 Å². The molecule has 0 radical (unpaired) electrons. The second-order valence-corrected chi connectivity index (χ2v) is 13.3. The first-order chi connectivity index (χ1) is 15.3. The highest BCUT2D eigenvalue weighted by Crippen LogP contribution is 2.72. The van der Waals surface area contributed by atoms with E-state index in [1.807, 2.05) is 6.08 Å². The zero-order chi connectivity index (χ0) is 24.4.